The maximum absolute atomic E-state index is 12.6. The zero-order valence-corrected chi connectivity index (χ0v) is 13.8. The van der Waals surface area contributed by atoms with Crippen LogP contribution in [0.5, 0.6) is 0 Å². The second-order valence-electron chi connectivity index (χ2n) is 5.82. The number of hydrogen-bond acceptors (Lipinski definition) is 8. The maximum Gasteiger partial charge on any atom is 0.338 e. The molecule has 0 amide bonds. The largest absolute Gasteiger partial charge is 0.459 e. The number of ether oxygens (including phenoxy) is 1. The number of carbonyl (C=O) groups is 1. The number of nitrogens with zero attached hydrogens (tertiary/aromatic N) is 5. The average Bonchev–Trinajstić information content (AvgIpc) is 3.00. The van der Waals surface area contributed by atoms with E-state index in [4.69, 9.17) is 4.74 Å². The average molecular weight is 344 g/mol. The molecule has 0 fully saturated rings. The number of nitro groups is 1. The lowest BCUT2D eigenvalue weighted by atomic mass is 9.95. The van der Waals surface area contributed by atoms with E-state index in [-0.39, 0.29) is 11.8 Å². The summed E-state index contributed by atoms with van der Waals surface area (Å²) >= 11 is 0. The number of aromatic nitrogens is 4. The number of nitro benzene ring substituents is 1. The number of esters is 1. The lowest BCUT2D eigenvalue weighted by Crippen LogP contribution is -2.30. The molecule has 1 aliphatic rings. The minimum absolute atomic E-state index is 0.0834. The van der Waals surface area contributed by atoms with E-state index >= 15 is 0 Å². The van der Waals surface area contributed by atoms with Crippen molar-refractivity contribution in [2.75, 3.05) is 5.32 Å². The van der Waals surface area contributed by atoms with Crippen LogP contribution in [0.1, 0.15) is 32.4 Å². The molecule has 0 saturated carbocycles. The number of tetrazole rings is 1. The molecular weight excluding hydrogens is 328 g/mol. The van der Waals surface area contributed by atoms with Crippen molar-refractivity contribution in [2.24, 2.45) is 0 Å². The smallest absolute Gasteiger partial charge is 0.338 e. The van der Waals surface area contributed by atoms with Crippen molar-refractivity contribution in [3.05, 3.63) is 51.2 Å². The highest BCUT2D eigenvalue weighted by molar-refractivity contribution is 5.92. The van der Waals surface area contributed by atoms with Crippen molar-refractivity contribution in [2.45, 2.75) is 32.9 Å². The normalized spacial score (nSPS) is 16.4. The molecule has 1 atom stereocenters. The topological polar surface area (TPSA) is 125 Å². The maximum atomic E-state index is 12.6. The van der Waals surface area contributed by atoms with Crippen LogP contribution in [0.3, 0.4) is 0 Å². The summed E-state index contributed by atoms with van der Waals surface area (Å²) in [7, 11) is 0. The minimum Gasteiger partial charge on any atom is -0.459 e. The molecule has 0 bridgehead atoms. The molecular formula is C15H16N6O4. The van der Waals surface area contributed by atoms with Crippen molar-refractivity contribution in [3.8, 4) is 0 Å². The summed E-state index contributed by atoms with van der Waals surface area (Å²) in [6, 6.07) is 5.30. The van der Waals surface area contributed by atoms with Crippen molar-refractivity contribution in [1.82, 2.24) is 20.2 Å². The Morgan fingerprint density at radius 2 is 2.20 bits per heavy atom. The van der Waals surface area contributed by atoms with Gasteiger partial charge < -0.3 is 10.1 Å². The molecule has 2 aromatic rings. The molecule has 0 radical (unpaired) electrons. The summed E-state index contributed by atoms with van der Waals surface area (Å²) in [5, 5.41) is 25.4. The molecule has 10 nitrogen and oxygen atoms in total. The number of carbonyl (C=O) groups excluding carboxylic acids is 1. The number of fused-ring (bicyclic) bond motifs is 1. The number of benzene rings is 1. The number of allylic oxidation sites excluding steroid dienone is 1. The van der Waals surface area contributed by atoms with Crippen LogP contribution in [0.2, 0.25) is 0 Å². The fourth-order valence-corrected chi connectivity index (χ4v) is 2.67. The van der Waals surface area contributed by atoms with Gasteiger partial charge in [0.05, 0.1) is 16.6 Å². The minimum atomic E-state index is -0.725. The molecule has 130 valence electrons. The van der Waals surface area contributed by atoms with Gasteiger partial charge in [0.1, 0.15) is 6.04 Å². The zero-order valence-electron chi connectivity index (χ0n) is 13.8. The third kappa shape index (κ3) is 3.05. The van der Waals surface area contributed by atoms with Gasteiger partial charge in [-0.1, -0.05) is 17.2 Å². The Morgan fingerprint density at radius 1 is 1.44 bits per heavy atom. The van der Waals surface area contributed by atoms with Crippen molar-refractivity contribution in [3.63, 3.8) is 0 Å². The van der Waals surface area contributed by atoms with Crippen LogP contribution < -0.4 is 5.32 Å². The van der Waals surface area contributed by atoms with Crippen molar-refractivity contribution in [1.29, 1.82) is 0 Å². The van der Waals surface area contributed by atoms with Gasteiger partial charge in [0.15, 0.2) is 0 Å². The number of non-ortho nitro benzene ring substituents is 1. The monoisotopic (exact) mass is 344 g/mol. The highest BCUT2D eigenvalue weighted by Gasteiger charge is 2.35. The van der Waals surface area contributed by atoms with E-state index in [1.807, 2.05) is 0 Å². The molecule has 0 saturated heterocycles. The van der Waals surface area contributed by atoms with E-state index in [1.165, 1.54) is 16.8 Å². The standard InChI is InChI=1S/C15H16N6O4/c1-8(2)25-14(22)12-9(3)16-15-17-18-19-20(15)13(12)10-5-4-6-11(7-10)21(23)24/h4-8,13H,1-3H3,(H,16,17,19)/t13-/m1/s1. The van der Waals surface area contributed by atoms with Crippen molar-refractivity contribution < 1.29 is 14.5 Å². The Hall–Kier alpha value is -3.30. The number of anilines is 1. The molecule has 2 heterocycles. The summed E-state index contributed by atoms with van der Waals surface area (Å²) in [6.07, 6.45) is -0.311. The molecule has 10 heteroatoms. The van der Waals surface area contributed by atoms with Gasteiger partial charge in [-0.05, 0) is 36.8 Å². The predicted molar refractivity (Wildman–Crippen MR) is 86.6 cm³/mol. The SMILES string of the molecule is CC1=C(C(=O)OC(C)C)[C@@H](c2cccc([N+](=O)[O-])c2)n2nnnc2N1. The molecule has 0 unspecified atom stereocenters. The molecule has 1 N–H and O–H groups in total. The second kappa shape index (κ2) is 6.30. The Morgan fingerprint density at radius 3 is 2.88 bits per heavy atom. The molecule has 25 heavy (non-hydrogen) atoms. The first-order chi connectivity index (χ1) is 11.9. The summed E-state index contributed by atoms with van der Waals surface area (Å²) < 4.78 is 6.73. The van der Waals surface area contributed by atoms with E-state index in [0.717, 1.165) is 0 Å². The van der Waals surface area contributed by atoms with E-state index in [1.54, 1.807) is 32.9 Å². The molecule has 1 aliphatic heterocycles. The first kappa shape index (κ1) is 16.6. The number of hydrogen-bond donors (Lipinski definition) is 1. The fourth-order valence-electron chi connectivity index (χ4n) is 2.67. The van der Waals surface area contributed by atoms with Crippen LogP contribution in [0, 0.1) is 10.1 Å². The van der Waals surface area contributed by atoms with Crippen LogP contribution in [-0.4, -0.2) is 37.2 Å². The zero-order chi connectivity index (χ0) is 18.1. The van der Waals surface area contributed by atoms with Gasteiger partial charge >= 0.3 is 5.97 Å². The number of rotatable bonds is 4. The predicted octanol–water partition coefficient (Wildman–Crippen LogP) is 1.82. The van der Waals surface area contributed by atoms with Gasteiger partial charge in [-0.15, -0.1) is 0 Å². The van der Waals surface area contributed by atoms with E-state index in [9.17, 15) is 14.9 Å². The van der Waals surface area contributed by atoms with Crippen molar-refractivity contribution >= 4 is 17.6 Å². The van der Waals surface area contributed by atoms with Gasteiger partial charge in [-0.2, -0.15) is 4.68 Å². The third-order valence-corrected chi connectivity index (χ3v) is 3.67. The molecule has 1 aromatic carbocycles. The molecule has 3 rings (SSSR count). The lowest BCUT2D eigenvalue weighted by molar-refractivity contribution is -0.384. The van der Waals surface area contributed by atoms with Crippen LogP contribution in [0.15, 0.2) is 35.5 Å². The molecule has 0 spiro atoms. The highest BCUT2D eigenvalue weighted by atomic mass is 16.6. The molecule has 1 aromatic heterocycles. The Balaban J connectivity index is 2.14. The van der Waals surface area contributed by atoms with Gasteiger partial charge in [0.2, 0.25) is 5.95 Å². The van der Waals surface area contributed by atoms with Gasteiger partial charge in [-0.3, -0.25) is 10.1 Å². The Kier molecular flexibility index (Phi) is 4.17. The second-order valence-corrected chi connectivity index (χ2v) is 5.82. The van der Waals surface area contributed by atoms with Gasteiger partial charge in [-0.25, -0.2) is 4.79 Å². The number of nitrogens with one attached hydrogen (secondary N) is 1. The summed E-state index contributed by atoms with van der Waals surface area (Å²) in [6.45, 7) is 5.20. The molecule has 0 aliphatic carbocycles. The Bertz CT molecular complexity index is 872. The van der Waals surface area contributed by atoms with Gasteiger partial charge in [0, 0.05) is 17.8 Å². The third-order valence-electron chi connectivity index (χ3n) is 3.67. The summed E-state index contributed by atoms with van der Waals surface area (Å²) in [4.78, 5) is 23.2. The quantitative estimate of drug-likeness (QED) is 0.506. The Labute approximate surface area is 142 Å². The summed E-state index contributed by atoms with van der Waals surface area (Å²) in [5.74, 6) is -0.187. The van der Waals surface area contributed by atoms with Crippen LogP contribution in [-0.2, 0) is 9.53 Å². The lowest BCUT2D eigenvalue weighted by Gasteiger charge is -2.27. The highest BCUT2D eigenvalue weighted by Crippen LogP contribution is 2.36. The van der Waals surface area contributed by atoms with Gasteiger partial charge in [0.25, 0.3) is 5.69 Å². The summed E-state index contributed by atoms with van der Waals surface area (Å²) in [5.41, 5.74) is 1.26. The van der Waals surface area contributed by atoms with Crippen LogP contribution in [0.4, 0.5) is 11.6 Å². The van der Waals surface area contributed by atoms with E-state index in [0.29, 0.717) is 22.8 Å². The fraction of sp³-hybridized carbons (Fsp3) is 0.333. The van der Waals surface area contributed by atoms with E-state index in [2.05, 4.69) is 20.8 Å². The van der Waals surface area contributed by atoms with Crippen LogP contribution in [0.25, 0.3) is 0 Å². The first-order valence-electron chi connectivity index (χ1n) is 7.59. The van der Waals surface area contributed by atoms with Crippen LogP contribution >= 0.6 is 0 Å². The van der Waals surface area contributed by atoms with E-state index < -0.39 is 16.9 Å². The first-order valence-corrected chi connectivity index (χ1v) is 7.59.